The molecule has 2 amide bonds. The van der Waals surface area contributed by atoms with Gasteiger partial charge in [-0.25, -0.2) is 9.59 Å². The van der Waals surface area contributed by atoms with Gasteiger partial charge in [0, 0.05) is 5.70 Å². The van der Waals surface area contributed by atoms with Gasteiger partial charge in [-0.2, -0.15) is 10.5 Å². The second-order valence-corrected chi connectivity index (χ2v) is 8.39. The summed E-state index contributed by atoms with van der Waals surface area (Å²) >= 11 is 0. The van der Waals surface area contributed by atoms with Gasteiger partial charge in [-0.15, -0.1) is 0 Å². The van der Waals surface area contributed by atoms with Gasteiger partial charge in [0.15, 0.2) is 0 Å². The molecule has 0 bridgehead atoms. The predicted molar refractivity (Wildman–Crippen MR) is 135 cm³/mol. The monoisotopic (exact) mass is 492 g/mol. The zero-order chi connectivity index (χ0) is 26.2. The van der Waals surface area contributed by atoms with Crippen molar-refractivity contribution >= 4 is 12.0 Å². The Morgan fingerprint density at radius 2 is 1.65 bits per heavy atom. The number of carbonyl (C=O) groups excluding carboxylic acids is 2. The first-order valence-electron chi connectivity index (χ1n) is 11.6. The molecule has 1 unspecified atom stereocenters. The molecule has 184 valence electrons. The molecule has 0 aliphatic carbocycles. The van der Waals surface area contributed by atoms with Crippen molar-refractivity contribution in [1.29, 1.82) is 10.5 Å². The summed E-state index contributed by atoms with van der Waals surface area (Å²) in [4.78, 5) is 26.0. The molecule has 3 aromatic rings. The molecule has 0 saturated carbocycles. The van der Waals surface area contributed by atoms with Crippen molar-refractivity contribution in [2.75, 3.05) is 7.11 Å². The van der Waals surface area contributed by atoms with E-state index in [-0.39, 0.29) is 12.2 Å². The standard InChI is InChI=1S/C29H24N4O4/c1-36-24-12-7-19(8-13-24)9-14-25-26(28(34)37-18-22-4-2-3-21(15-22)17-31)27(33-29(35)32-25)23-10-5-20(16-30)6-11-23/h2-8,10-13,15,27H,9,14,18H2,1H3,(H2,32,33,35). The van der Waals surface area contributed by atoms with E-state index in [2.05, 4.69) is 22.8 Å². The van der Waals surface area contributed by atoms with Crippen LogP contribution in [0, 0.1) is 22.7 Å². The molecule has 0 saturated heterocycles. The van der Waals surface area contributed by atoms with Crippen molar-refractivity contribution in [1.82, 2.24) is 10.6 Å². The molecule has 1 aliphatic heterocycles. The summed E-state index contributed by atoms with van der Waals surface area (Å²) in [5, 5.41) is 23.9. The summed E-state index contributed by atoms with van der Waals surface area (Å²) in [6.45, 7) is -0.0301. The molecule has 37 heavy (non-hydrogen) atoms. The molecule has 4 rings (SSSR count). The Bertz CT molecular complexity index is 1410. The number of hydrogen-bond acceptors (Lipinski definition) is 6. The van der Waals surface area contributed by atoms with Gasteiger partial charge in [0.1, 0.15) is 12.4 Å². The summed E-state index contributed by atoms with van der Waals surface area (Å²) in [6, 6.07) is 24.0. The lowest BCUT2D eigenvalue weighted by Gasteiger charge is -2.29. The van der Waals surface area contributed by atoms with Crippen LogP contribution in [0.1, 0.15) is 40.3 Å². The zero-order valence-electron chi connectivity index (χ0n) is 20.2. The van der Waals surface area contributed by atoms with Gasteiger partial charge in [0.25, 0.3) is 0 Å². The smallest absolute Gasteiger partial charge is 0.338 e. The van der Waals surface area contributed by atoms with Crippen molar-refractivity contribution in [3.8, 4) is 17.9 Å². The van der Waals surface area contributed by atoms with Gasteiger partial charge in [-0.1, -0.05) is 36.4 Å². The summed E-state index contributed by atoms with van der Waals surface area (Å²) < 4.78 is 10.9. The Morgan fingerprint density at radius 3 is 2.32 bits per heavy atom. The number of ether oxygens (including phenoxy) is 2. The number of rotatable bonds is 8. The molecule has 3 aromatic carbocycles. The fourth-order valence-electron chi connectivity index (χ4n) is 4.08. The van der Waals surface area contributed by atoms with Crippen LogP contribution in [0.4, 0.5) is 4.79 Å². The quantitative estimate of drug-likeness (QED) is 0.449. The minimum Gasteiger partial charge on any atom is -0.497 e. The number of methoxy groups -OCH3 is 1. The van der Waals surface area contributed by atoms with E-state index in [1.54, 1.807) is 55.6 Å². The average molecular weight is 493 g/mol. The lowest BCUT2D eigenvalue weighted by Crippen LogP contribution is -2.46. The molecule has 2 N–H and O–H groups in total. The van der Waals surface area contributed by atoms with Crippen LogP contribution in [0.2, 0.25) is 0 Å². The van der Waals surface area contributed by atoms with Crippen LogP contribution >= 0.6 is 0 Å². The van der Waals surface area contributed by atoms with E-state index in [4.69, 9.17) is 20.0 Å². The maximum Gasteiger partial charge on any atom is 0.338 e. The van der Waals surface area contributed by atoms with Gasteiger partial charge >= 0.3 is 12.0 Å². The predicted octanol–water partition coefficient (Wildman–Crippen LogP) is 4.42. The number of benzene rings is 3. The van der Waals surface area contributed by atoms with Crippen molar-refractivity contribution in [3.05, 3.63) is 112 Å². The van der Waals surface area contributed by atoms with Crippen LogP contribution in [0.5, 0.6) is 5.75 Å². The van der Waals surface area contributed by atoms with Crippen LogP contribution < -0.4 is 15.4 Å². The minimum absolute atomic E-state index is 0.0301. The van der Waals surface area contributed by atoms with Gasteiger partial charge in [-0.05, 0) is 65.9 Å². The highest BCUT2D eigenvalue weighted by atomic mass is 16.5. The molecular formula is C29H24N4O4. The molecule has 0 spiro atoms. The molecule has 0 radical (unpaired) electrons. The summed E-state index contributed by atoms with van der Waals surface area (Å²) in [5.74, 6) is 0.151. The number of aryl methyl sites for hydroxylation is 1. The number of hydrogen-bond donors (Lipinski definition) is 2. The maximum absolute atomic E-state index is 13.4. The summed E-state index contributed by atoms with van der Waals surface area (Å²) in [7, 11) is 1.60. The summed E-state index contributed by atoms with van der Waals surface area (Å²) in [5.41, 5.74) is 4.02. The van der Waals surface area contributed by atoms with Crippen molar-refractivity contribution in [3.63, 3.8) is 0 Å². The number of amides is 2. The van der Waals surface area contributed by atoms with Gasteiger partial charge in [0.05, 0.1) is 42.0 Å². The molecule has 8 heteroatoms. The number of allylic oxidation sites excluding steroid dienone is 1. The highest BCUT2D eigenvalue weighted by Crippen LogP contribution is 2.30. The maximum atomic E-state index is 13.4. The Hall–Kier alpha value is -5.08. The van der Waals surface area contributed by atoms with E-state index in [1.807, 2.05) is 24.3 Å². The molecule has 0 aromatic heterocycles. The van der Waals surface area contributed by atoms with E-state index >= 15 is 0 Å². The first-order chi connectivity index (χ1) is 18.0. The second kappa shape index (κ2) is 11.6. The van der Waals surface area contributed by atoms with E-state index < -0.39 is 18.0 Å². The number of nitrogens with zero attached hydrogens (tertiary/aromatic N) is 2. The fourth-order valence-corrected chi connectivity index (χ4v) is 4.08. The lowest BCUT2D eigenvalue weighted by molar-refractivity contribution is -0.140. The second-order valence-electron chi connectivity index (χ2n) is 8.39. The van der Waals surface area contributed by atoms with Crippen LogP contribution in [0.15, 0.2) is 84.1 Å². The third-order valence-corrected chi connectivity index (χ3v) is 6.00. The van der Waals surface area contributed by atoms with Crippen molar-refractivity contribution in [2.24, 2.45) is 0 Å². The molecule has 1 aliphatic rings. The number of nitriles is 2. The molecule has 0 fully saturated rings. The number of urea groups is 1. The Balaban J connectivity index is 1.64. The van der Waals surface area contributed by atoms with E-state index in [9.17, 15) is 9.59 Å². The van der Waals surface area contributed by atoms with E-state index in [0.29, 0.717) is 40.8 Å². The van der Waals surface area contributed by atoms with E-state index in [0.717, 1.165) is 11.3 Å². The Kier molecular flexibility index (Phi) is 7.82. The van der Waals surface area contributed by atoms with Crippen molar-refractivity contribution in [2.45, 2.75) is 25.5 Å². The first-order valence-corrected chi connectivity index (χ1v) is 11.6. The normalized spacial score (nSPS) is 14.6. The SMILES string of the molecule is COc1ccc(CCC2=C(C(=O)OCc3cccc(C#N)c3)C(c3ccc(C#N)cc3)NC(=O)N2)cc1. The zero-order valence-corrected chi connectivity index (χ0v) is 20.2. The number of nitrogens with one attached hydrogen (secondary N) is 2. The van der Waals surface area contributed by atoms with Crippen LogP contribution in [0.25, 0.3) is 0 Å². The molecule has 1 heterocycles. The van der Waals surface area contributed by atoms with Crippen molar-refractivity contribution < 1.29 is 19.1 Å². The number of carbonyl (C=O) groups is 2. The third kappa shape index (κ3) is 6.14. The largest absolute Gasteiger partial charge is 0.497 e. The van der Waals surface area contributed by atoms with Crippen LogP contribution in [-0.4, -0.2) is 19.1 Å². The topological polar surface area (TPSA) is 124 Å². The Labute approximate surface area is 214 Å². The van der Waals surface area contributed by atoms with Gasteiger partial charge in [0.2, 0.25) is 0 Å². The number of esters is 1. The van der Waals surface area contributed by atoms with Crippen LogP contribution in [-0.2, 0) is 22.6 Å². The molecular weight excluding hydrogens is 468 g/mol. The lowest BCUT2D eigenvalue weighted by atomic mass is 9.92. The summed E-state index contributed by atoms with van der Waals surface area (Å²) in [6.07, 6.45) is 0.960. The highest BCUT2D eigenvalue weighted by molar-refractivity contribution is 5.95. The van der Waals surface area contributed by atoms with Gasteiger partial charge < -0.3 is 20.1 Å². The average Bonchev–Trinajstić information content (AvgIpc) is 2.94. The molecule has 1 atom stereocenters. The minimum atomic E-state index is -0.759. The van der Waals surface area contributed by atoms with Gasteiger partial charge in [-0.3, -0.25) is 0 Å². The third-order valence-electron chi connectivity index (χ3n) is 6.00. The fraction of sp³-hybridized carbons (Fsp3) is 0.172. The molecule has 8 nitrogen and oxygen atoms in total. The van der Waals surface area contributed by atoms with Crippen LogP contribution in [0.3, 0.4) is 0 Å². The first kappa shape index (κ1) is 25.0. The van der Waals surface area contributed by atoms with E-state index in [1.165, 1.54) is 0 Å². The highest BCUT2D eigenvalue weighted by Gasteiger charge is 2.33. The Morgan fingerprint density at radius 1 is 0.919 bits per heavy atom.